The Bertz CT molecular complexity index is 643. The Balaban J connectivity index is 1.72. The highest BCUT2D eigenvalue weighted by Gasteiger charge is 2.34. The van der Waals surface area contributed by atoms with Crippen molar-refractivity contribution in [3.63, 3.8) is 0 Å². The van der Waals surface area contributed by atoms with Crippen molar-refractivity contribution < 1.29 is 17.9 Å². The summed E-state index contributed by atoms with van der Waals surface area (Å²) in [5.41, 5.74) is 0. The number of nitrogens with one attached hydrogen (secondary N) is 1. The molecule has 1 aromatic rings. The first-order chi connectivity index (χ1) is 11.6. The van der Waals surface area contributed by atoms with Gasteiger partial charge < -0.3 is 14.8 Å². The SMILES string of the molecule is COc1cccc(OC)c1S(=O)(=O)N1CCC(NCC2CC2)CC1. The topological polar surface area (TPSA) is 67.9 Å². The Morgan fingerprint density at radius 1 is 1.08 bits per heavy atom. The highest BCUT2D eigenvalue weighted by Crippen LogP contribution is 2.36. The van der Waals surface area contributed by atoms with E-state index in [-0.39, 0.29) is 4.90 Å². The van der Waals surface area contributed by atoms with Gasteiger partial charge in [-0.15, -0.1) is 0 Å². The molecule has 1 saturated heterocycles. The van der Waals surface area contributed by atoms with Crippen molar-refractivity contribution in [2.24, 2.45) is 5.92 Å². The highest BCUT2D eigenvalue weighted by atomic mass is 32.2. The van der Waals surface area contributed by atoms with Gasteiger partial charge in [0.1, 0.15) is 11.5 Å². The number of hydrogen-bond donors (Lipinski definition) is 1. The highest BCUT2D eigenvalue weighted by molar-refractivity contribution is 7.89. The van der Waals surface area contributed by atoms with Crippen molar-refractivity contribution in [2.45, 2.75) is 36.6 Å². The summed E-state index contributed by atoms with van der Waals surface area (Å²) >= 11 is 0. The summed E-state index contributed by atoms with van der Waals surface area (Å²) < 4.78 is 38.2. The van der Waals surface area contributed by atoms with Crippen LogP contribution in [0.4, 0.5) is 0 Å². The van der Waals surface area contributed by atoms with Crippen LogP contribution in [0.3, 0.4) is 0 Å². The molecule has 24 heavy (non-hydrogen) atoms. The van der Waals surface area contributed by atoms with Crippen LogP contribution in [0.1, 0.15) is 25.7 Å². The molecule has 1 N–H and O–H groups in total. The van der Waals surface area contributed by atoms with E-state index in [9.17, 15) is 8.42 Å². The number of nitrogens with zero attached hydrogens (tertiary/aromatic N) is 1. The van der Waals surface area contributed by atoms with Gasteiger partial charge in [0.15, 0.2) is 4.90 Å². The van der Waals surface area contributed by atoms with Gasteiger partial charge in [-0.1, -0.05) is 6.07 Å². The average Bonchev–Trinajstić information content (AvgIpc) is 3.44. The van der Waals surface area contributed by atoms with E-state index in [0.717, 1.165) is 25.3 Å². The summed E-state index contributed by atoms with van der Waals surface area (Å²) in [6, 6.07) is 5.44. The van der Waals surface area contributed by atoms with Crippen LogP contribution in [0.2, 0.25) is 0 Å². The van der Waals surface area contributed by atoms with Crippen LogP contribution in [0.15, 0.2) is 23.1 Å². The molecule has 7 heteroatoms. The summed E-state index contributed by atoms with van der Waals surface area (Å²) in [5.74, 6) is 1.48. The molecule has 134 valence electrons. The van der Waals surface area contributed by atoms with E-state index < -0.39 is 10.0 Å². The Kier molecular flexibility index (Phi) is 5.32. The van der Waals surface area contributed by atoms with Gasteiger partial charge in [-0.05, 0) is 50.3 Å². The molecule has 0 atom stereocenters. The van der Waals surface area contributed by atoms with Crippen LogP contribution >= 0.6 is 0 Å². The van der Waals surface area contributed by atoms with Crippen molar-refractivity contribution >= 4 is 10.0 Å². The molecule has 0 bridgehead atoms. The maximum atomic E-state index is 13.1. The first kappa shape index (κ1) is 17.5. The second-order valence-electron chi connectivity index (χ2n) is 6.52. The minimum Gasteiger partial charge on any atom is -0.495 e. The van der Waals surface area contributed by atoms with Gasteiger partial charge >= 0.3 is 0 Å². The molecule has 1 saturated carbocycles. The Morgan fingerprint density at radius 3 is 2.17 bits per heavy atom. The summed E-state index contributed by atoms with van der Waals surface area (Å²) in [7, 11) is -0.686. The quantitative estimate of drug-likeness (QED) is 0.809. The molecule has 2 fully saturated rings. The van der Waals surface area contributed by atoms with Crippen LogP contribution in [-0.4, -0.2) is 52.6 Å². The van der Waals surface area contributed by atoms with E-state index in [1.807, 2.05) is 0 Å². The second-order valence-corrected chi connectivity index (χ2v) is 8.40. The van der Waals surface area contributed by atoms with Crippen LogP contribution < -0.4 is 14.8 Å². The van der Waals surface area contributed by atoms with Crippen LogP contribution in [0.5, 0.6) is 11.5 Å². The fraction of sp³-hybridized carbons (Fsp3) is 0.647. The fourth-order valence-corrected chi connectivity index (χ4v) is 4.92. The third-order valence-electron chi connectivity index (χ3n) is 4.83. The van der Waals surface area contributed by atoms with Crippen molar-refractivity contribution in [1.82, 2.24) is 9.62 Å². The number of piperidine rings is 1. The van der Waals surface area contributed by atoms with Gasteiger partial charge in [-0.3, -0.25) is 0 Å². The first-order valence-electron chi connectivity index (χ1n) is 8.50. The minimum absolute atomic E-state index is 0.124. The van der Waals surface area contributed by atoms with Crippen molar-refractivity contribution in [2.75, 3.05) is 33.9 Å². The van der Waals surface area contributed by atoms with Crippen LogP contribution in [-0.2, 0) is 10.0 Å². The van der Waals surface area contributed by atoms with Gasteiger partial charge in [-0.25, -0.2) is 8.42 Å². The number of sulfonamides is 1. The van der Waals surface area contributed by atoms with E-state index in [2.05, 4.69) is 5.32 Å². The van der Waals surface area contributed by atoms with Gasteiger partial charge in [-0.2, -0.15) is 4.31 Å². The third-order valence-corrected chi connectivity index (χ3v) is 6.79. The zero-order chi connectivity index (χ0) is 17.2. The third kappa shape index (κ3) is 3.68. The molecule has 1 heterocycles. The molecule has 0 radical (unpaired) electrons. The van der Waals surface area contributed by atoms with Gasteiger partial charge in [0, 0.05) is 19.1 Å². The standard InChI is InChI=1S/C17H26N2O4S/c1-22-15-4-3-5-16(23-2)17(15)24(20,21)19-10-8-14(9-11-19)18-12-13-6-7-13/h3-5,13-14,18H,6-12H2,1-2H3. The lowest BCUT2D eigenvalue weighted by Gasteiger charge is -2.32. The zero-order valence-corrected chi connectivity index (χ0v) is 15.1. The number of rotatable bonds is 7. The van der Waals surface area contributed by atoms with Crippen molar-refractivity contribution in [3.8, 4) is 11.5 Å². The second kappa shape index (κ2) is 7.29. The monoisotopic (exact) mass is 354 g/mol. The summed E-state index contributed by atoms with van der Waals surface area (Å²) in [5, 5.41) is 3.57. The van der Waals surface area contributed by atoms with E-state index in [1.54, 1.807) is 22.5 Å². The Labute approximate surface area is 144 Å². The molecule has 6 nitrogen and oxygen atoms in total. The Morgan fingerprint density at radius 2 is 1.67 bits per heavy atom. The summed E-state index contributed by atoms with van der Waals surface area (Å²) in [6.45, 7) is 2.11. The number of methoxy groups -OCH3 is 2. The van der Waals surface area contributed by atoms with Crippen molar-refractivity contribution in [3.05, 3.63) is 18.2 Å². The lowest BCUT2D eigenvalue weighted by atomic mass is 10.1. The molecule has 0 unspecified atom stereocenters. The van der Waals surface area contributed by atoms with Crippen molar-refractivity contribution in [1.29, 1.82) is 0 Å². The minimum atomic E-state index is -3.63. The largest absolute Gasteiger partial charge is 0.495 e. The molecule has 0 amide bonds. The predicted molar refractivity (Wildman–Crippen MR) is 92.1 cm³/mol. The number of hydrogen-bond acceptors (Lipinski definition) is 5. The lowest BCUT2D eigenvalue weighted by Crippen LogP contribution is -2.45. The van der Waals surface area contributed by atoms with E-state index in [1.165, 1.54) is 27.1 Å². The van der Waals surface area contributed by atoms with Gasteiger partial charge in [0.05, 0.1) is 14.2 Å². The maximum Gasteiger partial charge on any atom is 0.250 e. The molecule has 1 aliphatic heterocycles. The van der Waals surface area contributed by atoms with E-state index in [4.69, 9.17) is 9.47 Å². The average molecular weight is 354 g/mol. The molecule has 1 aliphatic carbocycles. The van der Waals surface area contributed by atoms with E-state index >= 15 is 0 Å². The molecule has 3 rings (SSSR count). The zero-order valence-electron chi connectivity index (χ0n) is 14.3. The van der Waals surface area contributed by atoms with Crippen LogP contribution in [0.25, 0.3) is 0 Å². The Hall–Kier alpha value is -1.31. The lowest BCUT2D eigenvalue weighted by molar-refractivity contribution is 0.285. The molecular weight excluding hydrogens is 328 g/mol. The maximum absolute atomic E-state index is 13.1. The van der Waals surface area contributed by atoms with Gasteiger partial charge in [0.25, 0.3) is 0 Å². The van der Waals surface area contributed by atoms with Crippen LogP contribution in [0, 0.1) is 5.92 Å². The van der Waals surface area contributed by atoms with E-state index in [0.29, 0.717) is 30.6 Å². The number of benzene rings is 1. The molecule has 0 spiro atoms. The molecule has 2 aliphatic rings. The predicted octanol–water partition coefficient (Wildman–Crippen LogP) is 1.86. The number of ether oxygens (including phenoxy) is 2. The first-order valence-corrected chi connectivity index (χ1v) is 9.94. The van der Waals surface area contributed by atoms with Gasteiger partial charge in [0.2, 0.25) is 10.0 Å². The smallest absolute Gasteiger partial charge is 0.250 e. The molecule has 1 aromatic carbocycles. The summed E-state index contributed by atoms with van der Waals surface area (Å²) in [4.78, 5) is 0.124. The molecular formula is C17H26N2O4S. The summed E-state index contributed by atoms with van der Waals surface area (Å²) in [6.07, 6.45) is 4.33. The normalized spacial score (nSPS) is 20.1. The fourth-order valence-electron chi connectivity index (χ4n) is 3.16. The molecule has 0 aromatic heterocycles.